The van der Waals surface area contributed by atoms with Gasteiger partial charge in [-0.2, -0.15) is 8.42 Å². The van der Waals surface area contributed by atoms with Crippen LogP contribution in [0.4, 0.5) is 0 Å². The van der Waals surface area contributed by atoms with Crippen molar-refractivity contribution in [3.8, 4) is 0 Å². The van der Waals surface area contributed by atoms with Crippen LogP contribution in [-0.4, -0.2) is 50.4 Å². The lowest BCUT2D eigenvalue weighted by Crippen LogP contribution is -2.39. The Kier molecular flexibility index (Phi) is 6.67. The summed E-state index contributed by atoms with van der Waals surface area (Å²) in [7, 11) is -4.07. The van der Waals surface area contributed by atoms with E-state index in [4.69, 9.17) is 10.3 Å². The number of nitrogens with two attached hydrogens (primary N) is 1. The maximum atomic E-state index is 11.1. The van der Waals surface area contributed by atoms with Gasteiger partial charge in [0.2, 0.25) is 0 Å². The Morgan fingerprint density at radius 3 is 2.05 bits per heavy atom. The van der Waals surface area contributed by atoms with Crippen molar-refractivity contribution in [2.75, 3.05) is 32.7 Å². The minimum Gasteiger partial charge on any atom is -0.330 e. The molecule has 1 aliphatic heterocycles. The Balaban J connectivity index is 0.000000250. The predicted octanol–water partition coefficient (Wildman–Crippen LogP) is -0.343. The van der Waals surface area contributed by atoms with Crippen LogP contribution in [0.2, 0.25) is 0 Å². The third-order valence-corrected chi connectivity index (χ3v) is 4.68. The molecule has 1 heterocycles. The van der Waals surface area contributed by atoms with Crippen molar-refractivity contribution in [3.05, 3.63) is 24.3 Å². The molecule has 1 atom stereocenters. The van der Waals surface area contributed by atoms with Crippen molar-refractivity contribution >= 4 is 10.1 Å². The topological polar surface area (TPSA) is 104 Å². The highest BCUT2D eigenvalue weighted by molar-refractivity contribution is 7.87. The second-order valence-corrected chi connectivity index (χ2v) is 6.33. The van der Waals surface area contributed by atoms with Crippen LogP contribution in [0.25, 0.3) is 0 Å². The Morgan fingerprint density at radius 2 is 1.74 bits per heavy atom. The standard InChI is InChI=1S/C8H13NO3S.C4H10N2/c9-7-6-8(13(10,11)12)4-2-1-3-5-8;1-2-6-4-3-5-1/h1-4H,5-7,9H2,(H,10,11,12);5-6H,1-4H2. The molecule has 19 heavy (non-hydrogen) atoms. The van der Waals surface area contributed by atoms with E-state index in [9.17, 15) is 8.42 Å². The molecule has 1 unspecified atom stereocenters. The van der Waals surface area contributed by atoms with E-state index < -0.39 is 14.9 Å². The first-order chi connectivity index (χ1) is 9.02. The van der Waals surface area contributed by atoms with Crippen LogP contribution in [0.3, 0.4) is 0 Å². The molecule has 0 aromatic heterocycles. The van der Waals surface area contributed by atoms with Gasteiger partial charge in [0.1, 0.15) is 4.75 Å². The summed E-state index contributed by atoms with van der Waals surface area (Å²) in [6.07, 6.45) is 7.11. The molecule has 0 saturated carbocycles. The fourth-order valence-corrected chi connectivity index (χ4v) is 2.93. The second kappa shape index (κ2) is 7.76. The number of nitrogens with one attached hydrogen (secondary N) is 2. The van der Waals surface area contributed by atoms with E-state index in [1.54, 1.807) is 18.2 Å². The first-order valence-corrected chi connectivity index (χ1v) is 7.89. The van der Waals surface area contributed by atoms with Crippen molar-refractivity contribution in [1.82, 2.24) is 10.6 Å². The highest BCUT2D eigenvalue weighted by atomic mass is 32.2. The average Bonchev–Trinajstić information content (AvgIpc) is 2.42. The lowest BCUT2D eigenvalue weighted by atomic mass is 9.96. The van der Waals surface area contributed by atoms with Gasteiger partial charge < -0.3 is 16.4 Å². The summed E-state index contributed by atoms with van der Waals surface area (Å²) in [5.74, 6) is 0. The molecule has 0 radical (unpaired) electrons. The number of hydrogen-bond donors (Lipinski definition) is 4. The van der Waals surface area contributed by atoms with Gasteiger partial charge in [-0.25, -0.2) is 0 Å². The van der Waals surface area contributed by atoms with Gasteiger partial charge in [0.05, 0.1) is 0 Å². The Morgan fingerprint density at radius 1 is 1.16 bits per heavy atom. The number of piperazine rings is 1. The normalized spacial score (nSPS) is 26.6. The molecule has 2 aliphatic rings. The van der Waals surface area contributed by atoms with E-state index in [-0.39, 0.29) is 13.0 Å². The minimum absolute atomic E-state index is 0.234. The van der Waals surface area contributed by atoms with Gasteiger partial charge >= 0.3 is 0 Å². The fraction of sp³-hybridized carbons (Fsp3) is 0.667. The SMILES string of the molecule is C1CNCCN1.NCCC1(S(=O)(=O)O)C=CC=CC1. The molecule has 0 bridgehead atoms. The summed E-state index contributed by atoms with van der Waals surface area (Å²) >= 11 is 0. The molecule has 0 aromatic carbocycles. The van der Waals surface area contributed by atoms with Crippen LogP contribution in [0.5, 0.6) is 0 Å². The zero-order chi connectivity index (χ0) is 14.2. The average molecular weight is 289 g/mol. The lowest BCUT2D eigenvalue weighted by Gasteiger charge is -2.26. The number of allylic oxidation sites excluding steroid dienone is 3. The largest absolute Gasteiger partial charge is 0.330 e. The van der Waals surface area contributed by atoms with Crippen LogP contribution in [-0.2, 0) is 10.1 Å². The van der Waals surface area contributed by atoms with Crippen LogP contribution in [0.15, 0.2) is 24.3 Å². The zero-order valence-corrected chi connectivity index (χ0v) is 11.8. The molecular formula is C12H23N3O3S. The molecule has 0 spiro atoms. The summed E-state index contributed by atoms with van der Waals surface area (Å²) in [6, 6.07) is 0. The van der Waals surface area contributed by atoms with Crippen LogP contribution < -0.4 is 16.4 Å². The summed E-state index contributed by atoms with van der Waals surface area (Å²) in [5.41, 5.74) is 5.31. The highest BCUT2D eigenvalue weighted by Crippen LogP contribution is 2.29. The third-order valence-electron chi connectivity index (χ3n) is 3.15. The van der Waals surface area contributed by atoms with Crippen molar-refractivity contribution in [1.29, 1.82) is 0 Å². The molecule has 6 nitrogen and oxygen atoms in total. The van der Waals surface area contributed by atoms with Crippen molar-refractivity contribution in [3.63, 3.8) is 0 Å². The van der Waals surface area contributed by atoms with E-state index in [0.717, 1.165) is 26.2 Å². The maximum Gasteiger partial charge on any atom is 0.274 e. The van der Waals surface area contributed by atoms with E-state index in [2.05, 4.69) is 10.6 Å². The third kappa shape index (κ3) is 5.04. The van der Waals surface area contributed by atoms with Crippen molar-refractivity contribution in [2.45, 2.75) is 17.6 Å². The molecule has 7 heteroatoms. The molecule has 1 aliphatic carbocycles. The Labute approximate surface area is 114 Å². The predicted molar refractivity (Wildman–Crippen MR) is 76.6 cm³/mol. The first kappa shape index (κ1) is 16.3. The molecule has 1 saturated heterocycles. The van der Waals surface area contributed by atoms with E-state index in [0.29, 0.717) is 6.42 Å². The quantitative estimate of drug-likeness (QED) is 0.530. The van der Waals surface area contributed by atoms with Crippen LogP contribution in [0.1, 0.15) is 12.8 Å². The van der Waals surface area contributed by atoms with Gasteiger partial charge in [-0.15, -0.1) is 0 Å². The molecule has 0 amide bonds. The van der Waals surface area contributed by atoms with Crippen molar-refractivity contribution in [2.24, 2.45) is 5.73 Å². The minimum atomic E-state index is -4.07. The molecule has 5 N–H and O–H groups in total. The maximum absolute atomic E-state index is 11.1. The summed E-state index contributed by atoms with van der Waals surface area (Å²) in [4.78, 5) is 0. The van der Waals surface area contributed by atoms with Gasteiger partial charge in [0.15, 0.2) is 0 Å². The van der Waals surface area contributed by atoms with Gasteiger partial charge in [0, 0.05) is 26.2 Å². The smallest absolute Gasteiger partial charge is 0.274 e. The van der Waals surface area contributed by atoms with Crippen LogP contribution in [0, 0.1) is 0 Å². The molecule has 110 valence electrons. The zero-order valence-electron chi connectivity index (χ0n) is 11.0. The molecular weight excluding hydrogens is 266 g/mol. The van der Waals surface area contributed by atoms with E-state index >= 15 is 0 Å². The fourth-order valence-electron chi connectivity index (χ4n) is 2.00. The van der Waals surface area contributed by atoms with Crippen molar-refractivity contribution < 1.29 is 13.0 Å². The number of rotatable bonds is 3. The summed E-state index contributed by atoms with van der Waals surface area (Å²) in [5, 5.41) is 6.44. The molecule has 1 fully saturated rings. The van der Waals surface area contributed by atoms with E-state index in [1.807, 2.05) is 0 Å². The Hall–Kier alpha value is -0.730. The summed E-state index contributed by atoms with van der Waals surface area (Å²) in [6.45, 7) is 4.79. The molecule has 2 rings (SSSR count). The van der Waals surface area contributed by atoms with Gasteiger partial charge in [-0.05, 0) is 19.4 Å². The van der Waals surface area contributed by atoms with Crippen LogP contribution >= 0.6 is 0 Å². The lowest BCUT2D eigenvalue weighted by molar-refractivity contribution is 0.437. The number of hydrogen-bond acceptors (Lipinski definition) is 5. The first-order valence-electron chi connectivity index (χ1n) is 6.45. The van der Waals surface area contributed by atoms with Gasteiger partial charge in [0.25, 0.3) is 10.1 Å². The Bertz CT molecular complexity index is 404. The summed E-state index contributed by atoms with van der Waals surface area (Å²) < 4.78 is 30.1. The van der Waals surface area contributed by atoms with E-state index in [1.165, 1.54) is 6.08 Å². The second-order valence-electron chi connectivity index (χ2n) is 4.57. The van der Waals surface area contributed by atoms with Gasteiger partial charge in [-0.1, -0.05) is 24.3 Å². The molecule has 0 aromatic rings. The van der Waals surface area contributed by atoms with Gasteiger partial charge in [-0.3, -0.25) is 4.55 Å². The highest BCUT2D eigenvalue weighted by Gasteiger charge is 2.39. The monoisotopic (exact) mass is 289 g/mol.